The summed E-state index contributed by atoms with van der Waals surface area (Å²) in [6.45, 7) is 0. The average Bonchev–Trinajstić information content (AvgIpc) is 3.48. The lowest BCUT2D eigenvalue weighted by atomic mass is 10.00. The number of aromatic nitrogens is 1. The summed E-state index contributed by atoms with van der Waals surface area (Å²) in [6.07, 6.45) is 0. The smallest absolute Gasteiger partial charge is 0.0465 e. The molecule has 0 aliphatic rings. The number of benzene rings is 7. The first-order valence-electron chi connectivity index (χ1n) is 15.0. The van der Waals surface area contributed by atoms with Crippen LogP contribution in [0.15, 0.2) is 176 Å². The second-order valence-corrected chi connectivity index (χ2v) is 11.1. The Morgan fingerprint density at radius 1 is 0.295 bits per heavy atom. The van der Waals surface area contributed by atoms with E-state index in [0.29, 0.717) is 0 Å². The molecule has 208 valence electrons. The monoisotopic (exact) mass is 562 g/mol. The number of nitrogens with zero attached hydrogens (tertiary/aromatic N) is 1. The van der Waals surface area contributed by atoms with Crippen LogP contribution in [0.4, 0.5) is 17.1 Å². The lowest BCUT2D eigenvalue weighted by molar-refractivity contribution is 1.28. The first-order valence-corrected chi connectivity index (χ1v) is 15.0. The second-order valence-electron chi connectivity index (χ2n) is 11.1. The SMILES string of the molecule is c1ccc(-c2ccc(-c3ccc(N(c4ccccc4)c4ccc(-c5ccc6[nH]c7ccccc7c6c5)cc4)cc3)cc2)cc1. The Bertz CT molecular complexity index is 2180. The third-order valence-corrected chi connectivity index (χ3v) is 8.43. The van der Waals surface area contributed by atoms with E-state index in [1.807, 2.05) is 0 Å². The predicted octanol–water partition coefficient (Wildman–Crippen LogP) is 11.8. The molecule has 0 atom stereocenters. The maximum Gasteiger partial charge on any atom is 0.0465 e. The van der Waals surface area contributed by atoms with E-state index >= 15 is 0 Å². The normalized spacial score (nSPS) is 11.2. The molecule has 0 spiro atoms. The van der Waals surface area contributed by atoms with Crippen LogP contribution in [0.3, 0.4) is 0 Å². The summed E-state index contributed by atoms with van der Waals surface area (Å²) in [5, 5.41) is 2.51. The highest BCUT2D eigenvalue weighted by Gasteiger charge is 2.13. The first-order chi connectivity index (χ1) is 21.8. The van der Waals surface area contributed by atoms with Crippen molar-refractivity contribution in [3.05, 3.63) is 176 Å². The summed E-state index contributed by atoms with van der Waals surface area (Å²) >= 11 is 0. The van der Waals surface area contributed by atoms with E-state index in [9.17, 15) is 0 Å². The summed E-state index contributed by atoms with van der Waals surface area (Å²) in [6, 6.07) is 62.8. The van der Waals surface area contributed by atoms with E-state index in [0.717, 1.165) is 22.6 Å². The van der Waals surface area contributed by atoms with Crippen molar-refractivity contribution >= 4 is 38.9 Å². The van der Waals surface area contributed by atoms with Gasteiger partial charge < -0.3 is 9.88 Å². The highest BCUT2D eigenvalue weighted by Crippen LogP contribution is 2.37. The van der Waals surface area contributed by atoms with Gasteiger partial charge in [-0.3, -0.25) is 0 Å². The summed E-state index contributed by atoms with van der Waals surface area (Å²) in [5.41, 5.74) is 13.0. The van der Waals surface area contributed by atoms with Crippen LogP contribution in [-0.4, -0.2) is 4.98 Å². The van der Waals surface area contributed by atoms with Gasteiger partial charge in [0.15, 0.2) is 0 Å². The molecule has 8 aromatic rings. The standard InChI is InChI=1S/C42H30N2/c1-3-9-30(10-4-1)31-15-17-32(18-16-31)33-19-24-37(25-20-33)44(36-11-5-2-6-12-36)38-26-21-34(22-27-38)35-23-28-42-40(29-35)39-13-7-8-14-41(39)43-42/h1-29,43H. The highest BCUT2D eigenvalue weighted by molar-refractivity contribution is 6.08. The average molecular weight is 563 g/mol. The minimum Gasteiger partial charge on any atom is -0.355 e. The maximum atomic E-state index is 3.53. The molecule has 1 N–H and O–H groups in total. The van der Waals surface area contributed by atoms with Crippen molar-refractivity contribution in [2.75, 3.05) is 4.90 Å². The van der Waals surface area contributed by atoms with E-state index in [1.165, 1.54) is 49.7 Å². The minimum atomic E-state index is 1.12. The molecule has 44 heavy (non-hydrogen) atoms. The van der Waals surface area contributed by atoms with Crippen molar-refractivity contribution in [1.29, 1.82) is 0 Å². The highest BCUT2D eigenvalue weighted by atomic mass is 15.1. The third kappa shape index (κ3) is 4.83. The summed E-state index contributed by atoms with van der Waals surface area (Å²) < 4.78 is 0. The van der Waals surface area contributed by atoms with Crippen molar-refractivity contribution in [3.8, 4) is 33.4 Å². The predicted molar refractivity (Wildman–Crippen MR) is 187 cm³/mol. The van der Waals surface area contributed by atoms with E-state index in [2.05, 4.69) is 186 Å². The Morgan fingerprint density at radius 3 is 1.32 bits per heavy atom. The summed E-state index contributed by atoms with van der Waals surface area (Å²) in [4.78, 5) is 5.85. The van der Waals surface area contributed by atoms with Crippen LogP contribution in [0.25, 0.3) is 55.2 Å². The molecule has 0 aliphatic carbocycles. The van der Waals surface area contributed by atoms with E-state index in [4.69, 9.17) is 0 Å². The van der Waals surface area contributed by atoms with Gasteiger partial charge in [0, 0.05) is 38.9 Å². The molecule has 2 nitrogen and oxygen atoms in total. The zero-order valence-electron chi connectivity index (χ0n) is 24.2. The Labute approximate surface area is 257 Å². The minimum absolute atomic E-state index is 1.12. The van der Waals surface area contributed by atoms with E-state index < -0.39 is 0 Å². The molecule has 7 aromatic carbocycles. The molecule has 0 amide bonds. The Balaban J connectivity index is 1.11. The van der Waals surface area contributed by atoms with Crippen molar-refractivity contribution in [2.45, 2.75) is 0 Å². The van der Waals surface area contributed by atoms with Gasteiger partial charge >= 0.3 is 0 Å². The number of para-hydroxylation sites is 2. The van der Waals surface area contributed by atoms with Gasteiger partial charge in [-0.25, -0.2) is 0 Å². The van der Waals surface area contributed by atoms with Gasteiger partial charge in [-0.15, -0.1) is 0 Å². The van der Waals surface area contributed by atoms with Gasteiger partial charge in [-0.2, -0.15) is 0 Å². The molecule has 2 heteroatoms. The second kappa shape index (κ2) is 11.1. The van der Waals surface area contributed by atoms with Crippen LogP contribution < -0.4 is 4.90 Å². The molecule has 1 aromatic heterocycles. The van der Waals surface area contributed by atoms with Crippen molar-refractivity contribution in [2.24, 2.45) is 0 Å². The Kier molecular flexibility index (Phi) is 6.51. The maximum absolute atomic E-state index is 3.53. The zero-order valence-corrected chi connectivity index (χ0v) is 24.2. The number of aromatic amines is 1. The third-order valence-electron chi connectivity index (χ3n) is 8.43. The lowest BCUT2D eigenvalue weighted by Crippen LogP contribution is -2.09. The van der Waals surface area contributed by atoms with Crippen molar-refractivity contribution in [1.82, 2.24) is 4.98 Å². The summed E-state index contributed by atoms with van der Waals surface area (Å²) in [7, 11) is 0. The van der Waals surface area contributed by atoms with Gasteiger partial charge in [0.05, 0.1) is 0 Å². The number of anilines is 3. The molecule has 8 rings (SSSR count). The number of rotatable bonds is 6. The number of hydrogen-bond acceptors (Lipinski definition) is 1. The van der Waals surface area contributed by atoms with Crippen molar-refractivity contribution in [3.63, 3.8) is 0 Å². The molecule has 0 saturated heterocycles. The largest absolute Gasteiger partial charge is 0.355 e. The molecule has 1 heterocycles. The Hall–Kier alpha value is -5.86. The van der Waals surface area contributed by atoms with E-state index in [-0.39, 0.29) is 0 Å². The zero-order chi connectivity index (χ0) is 29.3. The van der Waals surface area contributed by atoms with Crippen LogP contribution in [0.2, 0.25) is 0 Å². The molecule has 0 radical (unpaired) electrons. The summed E-state index contributed by atoms with van der Waals surface area (Å²) in [5.74, 6) is 0. The van der Waals surface area contributed by atoms with Gasteiger partial charge in [-0.1, -0.05) is 121 Å². The number of fused-ring (bicyclic) bond motifs is 3. The van der Waals surface area contributed by atoms with Gasteiger partial charge in [0.25, 0.3) is 0 Å². The number of H-pyrrole nitrogens is 1. The van der Waals surface area contributed by atoms with Crippen LogP contribution in [0.1, 0.15) is 0 Å². The quantitative estimate of drug-likeness (QED) is 0.214. The van der Waals surface area contributed by atoms with Crippen LogP contribution in [-0.2, 0) is 0 Å². The lowest BCUT2D eigenvalue weighted by Gasteiger charge is -2.26. The van der Waals surface area contributed by atoms with Crippen molar-refractivity contribution < 1.29 is 0 Å². The van der Waals surface area contributed by atoms with Gasteiger partial charge in [0.1, 0.15) is 0 Å². The molecule has 0 unspecified atom stereocenters. The molecular formula is C42H30N2. The number of hydrogen-bond donors (Lipinski definition) is 1. The van der Waals surface area contributed by atoms with Gasteiger partial charge in [-0.05, 0) is 88.0 Å². The van der Waals surface area contributed by atoms with Crippen LogP contribution >= 0.6 is 0 Å². The Morgan fingerprint density at radius 2 is 0.705 bits per heavy atom. The number of nitrogens with one attached hydrogen (secondary N) is 1. The topological polar surface area (TPSA) is 19.0 Å². The molecule has 0 aliphatic heterocycles. The van der Waals surface area contributed by atoms with E-state index in [1.54, 1.807) is 0 Å². The fraction of sp³-hybridized carbons (Fsp3) is 0. The van der Waals surface area contributed by atoms with Crippen LogP contribution in [0.5, 0.6) is 0 Å². The molecule has 0 bridgehead atoms. The molecular weight excluding hydrogens is 532 g/mol. The first kappa shape index (κ1) is 25.8. The fourth-order valence-corrected chi connectivity index (χ4v) is 6.14. The fourth-order valence-electron chi connectivity index (χ4n) is 6.14. The molecule has 0 fully saturated rings. The molecule has 0 saturated carbocycles. The van der Waals surface area contributed by atoms with Gasteiger partial charge in [0.2, 0.25) is 0 Å². The van der Waals surface area contributed by atoms with Crippen LogP contribution in [0, 0.1) is 0 Å².